The molecule has 2 aromatic carbocycles. The summed E-state index contributed by atoms with van der Waals surface area (Å²) in [5.41, 5.74) is 2.15. The summed E-state index contributed by atoms with van der Waals surface area (Å²) in [4.78, 5) is 25.7. The summed E-state index contributed by atoms with van der Waals surface area (Å²) in [7, 11) is 1.64. The lowest BCUT2D eigenvalue weighted by atomic mass is 9.49. The minimum atomic E-state index is -0.287. The molecule has 0 spiro atoms. The second kappa shape index (κ2) is 9.20. The van der Waals surface area contributed by atoms with Crippen molar-refractivity contribution in [2.45, 2.75) is 51.0 Å². The van der Waals surface area contributed by atoms with Gasteiger partial charge in [0.05, 0.1) is 19.7 Å². The average molecular weight is 447 g/mol. The van der Waals surface area contributed by atoms with Crippen LogP contribution in [0.5, 0.6) is 5.75 Å². The molecule has 174 valence electrons. The molecule has 0 aliphatic heterocycles. The molecule has 2 amide bonds. The van der Waals surface area contributed by atoms with E-state index >= 15 is 0 Å². The van der Waals surface area contributed by atoms with Crippen LogP contribution in [0.25, 0.3) is 0 Å². The van der Waals surface area contributed by atoms with Crippen LogP contribution in [0.1, 0.15) is 62.1 Å². The topological polar surface area (TPSA) is 67.4 Å². The Morgan fingerprint density at radius 1 is 0.879 bits per heavy atom. The van der Waals surface area contributed by atoms with E-state index in [2.05, 4.69) is 10.6 Å². The van der Waals surface area contributed by atoms with Crippen molar-refractivity contribution in [1.29, 1.82) is 0 Å². The minimum Gasteiger partial charge on any atom is -0.497 e. The molecular weight excluding hydrogens is 412 g/mol. The first-order valence-corrected chi connectivity index (χ1v) is 12.3. The highest BCUT2D eigenvalue weighted by molar-refractivity contribution is 5.85. The van der Waals surface area contributed by atoms with Gasteiger partial charge >= 0.3 is 0 Å². The largest absolute Gasteiger partial charge is 0.497 e. The fraction of sp³-hybridized carbons (Fsp3) is 0.500. The molecular formula is C28H34N2O3. The molecule has 4 aliphatic carbocycles. The third-order valence-corrected chi connectivity index (χ3v) is 8.03. The van der Waals surface area contributed by atoms with Crippen LogP contribution in [0.4, 0.5) is 0 Å². The van der Waals surface area contributed by atoms with Crippen molar-refractivity contribution >= 4 is 11.8 Å². The third-order valence-electron chi connectivity index (χ3n) is 8.03. The van der Waals surface area contributed by atoms with Gasteiger partial charge in [0, 0.05) is 6.42 Å². The van der Waals surface area contributed by atoms with Gasteiger partial charge in [0.2, 0.25) is 11.8 Å². The van der Waals surface area contributed by atoms with Gasteiger partial charge in [-0.3, -0.25) is 9.59 Å². The molecule has 4 saturated carbocycles. The summed E-state index contributed by atoms with van der Waals surface area (Å²) in [5.74, 6) is 3.08. The molecule has 0 heterocycles. The zero-order valence-corrected chi connectivity index (χ0v) is 19.4. The Hall–Kier alpha value is -2.82. The molecule has 0 radical (unpaired) electrons. The van der Waals surface area contributed by atoms with Crippen LogP contribution in [0.2, 0.25) is 0 Å². The Morgan fingerprint density at radius 2 is 1.45 bits per heavy atom. The molecule has 6 rings (SSSR count). The quantitative estimate of drug-likeness (QED) is 0.622. The minimum absolute atomic E-state index is 0.00465. The number of rotatable bonds is 8. The Balaban J connectivity index is 1.20. The van der Waals surface area contributed by atoms with Crippen molar-refractivity contribution in [1.82, 2.24) is 10.6 Å². The molecule has 1 unspecified atom stereocenters. The molecule has 5 heteroatoms. The normalized spacial score (nSPS) is 28.2. The highest BCUT2D eigenvalue weighted by Crippen LogP contribution is 2.61. The molecule has 0 aromatic heterocycles. The molecule has 33 heavy (non-hydrogen) atoms. The number of ether oxygens (including phenoxy) is 1. The van der Waals surface area contributed by atoms with E-state index in [1.807, 2.05) is 54.6 Å². The maximum atomic E-state index is 12.8. The van der Waals surface area contributed by atoms with E-state index in [-0.39, 0.29) is 29.8 Å². The van der Waals surface area contributed by atoms with Crippen molar-refractivity contribution < 1.29 is 14.3 Å². The zero-order chi connectivity index (χ0) is 22.8. The van der Waals surface area contributed by atoms with Crippen molar-refractivity contribution in [3.05, 3.63) is 65.7 Å². The summed E-state index contributed by atoms with van der Waals surface area (Å²) in [6.45, 7) is 0.00465. The lowest BCUT2D eigenvalue weighted by Gasteiger charge is -2.56. The molecule has 2 aromatic rings. The van der Waals surface area contributed by atoms with Gasteiger partial charge in [-0.15, -0.1) is 0 Å². The van der Waals surface area contributed by atoms with Crippen LogP contribution >= 0.6 is 0 Å². The number of hydrogen-bond donors (Lipinski definition) is 2. The average Bonchev–Trinajstić information content (AvgIpc) is 2.81. The van der Waals surface area contributed by atoms with Gasteiger partial charge in [-0.05, 0) is 85.0 Å². The maximum Gasteiger partial charge on any atom is 0.240 e. The first-order valence-electron chi connectivity index (χ1n) is 12.3. The standard InChI is InChI=1S/C28H34N2O3/c1-33-24-9-7-23(8-10-24)27(22-5-3-2-4-6-22)30-26(32)18-29-25(31)17-28-14-19-11-20(15-28)13-21(12-19)16-28/h2-10,19-21,27H,11-18H2,1H3,(H,29,31)(H,30,32). The SMILES string of the molecule is COc1ccc(C(NC(=O)CNC(=O)CC23CC4CC(CC(C4)C2)C3)c2ccccc2)cc1. The van der Waals surface area contributed by atoms with E-state index in [0.717, 1.165) is 34.6 Å². The van der Waals surface area contributed by atoms with Gasteiger partial charge in [0.15, 0.2) is 0 Å². The van der Waals surface area contributed by atoms with Gasteiger partial charge in [0.1, 0.15) is 5.75 Å². The van der Waals surface area contributed by atoms with Crippen LogP contribution in [-0.4, -0.2) is 25.5 Å². The Labute approximate surface area is 196 Å². The van der Waals surface area contributed by atoms with Crippen LogP contribution in [-0.2, 0) is 9.59 Å². The zero-order valence-electron chi connectivity index (χ0n) is 19.4. The first-order chi connectivity index (χ1) is 16.0. The number of hydrogen-bond acceptors (Lipinski definition) is 3. The number of amides is 2. The Kier molecular flexibility index (Phi) is 6.13. The van der Waals surface area contributed by atoms with Crippen LogP contribution in [0, 0.1) is 23.2 Å². The summed E-state index contributed by atoms with van der Waals surface area (Å²) in [6.07, 6.45) is 8.29. The van der Waals surface area contributed by atoms with Gasteiger partial charge < -0.3 is 15.4 Å². The summed E-state index contributed by atoms with van der Waals surface area (Å²) >= 11 is 0. The lowest BCUT2D eigenvalue weighted by Crippen LogP contribution is -2.48. The molecule has 2 N–H and O–H groups in total. The van der Waals surface area contributed by atoms with Crippen molar-refractivity contribution in [3.8, 4) is 5.75 Å². The molecule has 1 atom stereocenters. The Bertz CT molecular complexity index is 951. The van der Waals surface area contributed by atoms with Crippen LogP contribution < -0.4 is 15.4 Å². The molecule has 4 fully saturated rings. The second-order valence-corrected chi connectivity index (χ2v) is 10.6. The van der Waals surface area contributed by atoms with Gasteiger partial charge in [-0.2, -0.15) is 0 Å². The van der Waals surface area contributed by atoms with E-state index in [9.17, 15) is 9.59 Å². The molecule has 4 bridgehead atoms. The van der Waals surface area contributed by atoms with E-state index in [1.165, 1.54) is 38.5 Å². The third kappa shape index (κ3) is 4.92. The lowest BCUT2D eigenvalue weighted by molar-refractivity contribution is -0.132. The van der Waals surface area contributed by atoms with E-state index in [1.54, 1.807) is 7.11 Å². The summed E-state index contributed by atoms with van der Waals surface area (Å²) in [5, 5.41) is 6.02. The molecule has 0 saturated heterocycles. The summed E-state index contributed by atoms with van der Waals surface area (Å²) in [6, 6.07) is 17.3. The second-order valence-electron chi connectivity index (χ2n) is 10.6. The maximum absolute atomic E-state index is 12.8. The van der Waals surface area contributed by atoms with E-state index in [4.69, 9.17) is 4.74 Å². The highest BCUT2D eigenvalue weighted by Gasteiger charge is 2.51. The molecule has 4 aliphatic rings. The Morgan fingerprint density at radius 3 is 2.03 bits per heavy atom. The fourth-order valence-corrected chi connectivity index (χ4v) is 7.10. The van der Waals surface area contributed by atoms with Crippen molar-refractivity contribution in [2.75, 3.05) is 13.7 Å². The van der Waals surface area contributed by atoms with Crippen LogP contribution in [0.15, 0.2) is 54.6 Å². The van der Waals surface area contributed by atoms with Gasteiger partial charge in [-0.1, -0.05) is 42.5 Å². The smallest absolute Gasteiger partial charge is 0.240 e. The first kappa shape index (κ1) is 22.0. The van der Waals surface area contributed by atoms with E-state index < -0.39 is 0 Å². The monoisotopic (exact) mass is 446 g/mol. The van der Waals surface area contributed by atoms with E-state index in [0.29, 0.717) is 6.42 Å². The predicted molar refractivity (Wildman–Crippen MR) is 128 cm³/mol. The van der Waals surface area contributed by atoms with Gasteiger partial charge in [0.25, 0.3) is 0 Å². The number of carbonyl (C=O) groups is 2. The number of methoxy groups -OCH3 is 1. The number of carbonyl (C=O) groups excluding carboxylic acids is 2. The predicted octanol–water partition coefficient (Wildman–Crippen LogP) is 4.62. The number of benzene rings is 2. The van der Waals surface area contributed by atoms with Gasteiger partial charge in [-0.25, -0.2) is 0 Å². The van der Waals surface area contributed by atoms with Crippen molar-refractivity contribution in [2.24, 2.45) is 23.2 Å². The number of nitrogens with one attached hydrogen (secondary N) is 2. The van der Waals surface area contributed by atoms with Crippen molar-refractivity contribution in [3.63, 3.8) is 0 Å². The molecule has 5 nitrogen and oxygen atoms in total. The highest BCUT2D eigenvalue weighted by atomic mass is 16.5. The fourth-order valence-electron chi connectivity index (χ4n) is 7.10. The van der Waals surface area contributed by atoms with Crippen LogP contribution in [0.3, 0.4) is 0 Å². The summed E-state index contributed by atoms with van der Waals surface area (Å²) < 4.78 is 5.27.